The fourth-order valence-electron chi connectivity index (χ4n) is 1.72. The largest absolute Gasteiger partial charge is 0.291 e. The summed E-state index contributed by atoms with van der Waals surface area (Å²) in [6.07, 6.45) is 0.957. The molecule has 4 heteroatoms. The Morgan fingerprint density at radius 3 is 2.88 bits per heavy atom. The molecule has 1 amide bonds. The first-order valence-corrected chi connectivity index (χ1v) is 6.78. The number of amides is 1. The van der Waals surface area contributed by atoms with Gasteiger partial charge >= 0.3 is 0 Å². The second kappa shape index (κ2) is 5.36. The monoisotopic (exact) mass is 248 g/mol. The van der Waals surface area contributed by atoms with Crippen molar-refractivity contribution in [2.24, 2.45) is 4.99 Å². The third-order valence-electron chi connectivity index (χ3n) is 2.64. The summed E-state index contributed by atoms with van der Waals surface area (Å²) in [5.41, 5.74) is 2.09. The van der Waals surface area contributed by atoms with E-state index in [0.29, 0.717) is 5.75 Å². The molecule has 0 bridgehead atoms. The van der Waals surface area contributed by atoms with Gasteiger partial charge in [0, 0.05) is 6.54 Å². The zero-order valence-corrected chi connectivity index (χ0v) is 11.0. The third-order valence-corrected chi connectivity index (χ3v) is 3.60. The number of hydrogen-bond donors (Lipinski definition) is 0. The second-order valence-electron chi connectivity index (χ2n) is 4.01. The molecule has 1 heterocycles. The first kappa shape index (κ1) is 12.2. The molecule has 1 aromatic rings. The minimum atomic E-state index is 0.171. The Morgan fingerprint density at radius 2 is 2.18 bits per heavy atom. The number of thioether (sulfide) groups is 1. The molecule has 17 heavy (non-hydrogen) atoms. The highest BCUT2D eigenvalue weighted by Crippen LogP contribution is 2.25. The molecule has 0 spiro atoms. The number of rotatable bonds is 3. The van der Waals surface area contributed by atoms with Crippen LogP contribution in [0, 0.1) is 6.92 Å². The summed E-state index contributed by atoms with van der Waals surface area (Å²) in [6, 6.07) is 7.98. The summed E-state index contributed by atoms with van der Waals surface area (Å²) in [5, 5.41) is 0.839. The van der Waals surface area contributed by atoms with E-state index in [1.807, 2.05) is 31.2 Å². The van der Waals surface area contributed by atoms with Crippen LogP contribution < -0.4 is 0 Å². The lowest BCUT2D eigenvalue weighted by atomic mass is 10.2. The van der Waals surface area contributed by atoms with Gasteiger partial charge in [-0.15, -0.1) is 0 Å². The van der Waals surface area contributed by atoms with Crippen LogP contribution in [-0.2, 0) is 4.79 Å². The van der Waals surface area contributed by atoms with Crippen molar-refractivity contribution in [1.29, 1.82) is 0 Å². The topological polar surface area (TPSA) is 32.7 Å². The molecule has 0 atom stereocenters. The van der Waals surface area contributed by atoms with Gasteiger partial charge in [-0.05, 0) is 25.0 Å². The van der Waals surface area contributed by atoms with Gasteiger partial charge in [-0.2, -0.15) is 0 Å². The maximum atomic E-state index is 11.7. The van der Waals surface area contributed by atoms with Gasteiger partial charge in [-0.3, -0.25) is 9.69 Å². The zero-order chi connectivity index (χ0) is 12.3. The van der Waals surface area contributed by atoms with Crippen LogP contribution >= 0.6 is 11.8 Å². The van der Waals surface area contributed by atoms with Gasteiger partial charge in [0.2, 0.25) is 5.91 Å². The van der Waals surface area contributed by atoms with E-state index in [1.54, 1.807) is 4.90 Å². The van der Waals surface area contributed by atoms with Crippen LogP contribution in [0.1, 0.15) is 18.9 Å². The SMILES string of the molecule is CCCN1C(=O)CSC1=Nc1ccccc1C. The minimum Gasteiger partial charge on any atom is -0.291 e. The van der Waals surface area contributed by atoms with Crippen molar-refractivity contribution in [1.82, 2.24) is 4.90 Å². The van der Waals surface area contributed by atoms with Crippen molar-refractivity contribution < 1.29 is 4.79 Å². The first-order valence-electron chi connectivity index (χ1n) is 5.80. The minimum absolute atomic E-state index is 0.171. The van der Waals surface area contributed by atoms with Gasteiger partial charge < -0.3 is 0 Å². The van der Waals surface area contributed by atoms with E-state index in [1.165, 1.54) is 11.8 Å². The van der Waals surface area contributed by atoms with Crippen LogP contribution in [0.25, 0.3) is 0 Å². The first-order chi connectivity index (χ1) is 8.22. The molecule has 90 valence electrons. The molecule has 1 fully saturated rings. The zero-order valence-electron chi connectivity index (χ0n) is 10.1. The van der Waals surface area contributed by atoms with E-state index in [9.17, 15) is 4.79 Å². The summed E-state index contributed by atoms with van der Waals surface area (Å²) >= 11 is 1.53. The van der Waals surface area contributed by atoms with Crippen molar-refractivity contribution >= 4 is 28.5 Å². The number of carbonyl (C=O) groups is 1. The maximum absolute atomic E-state index is 11.7. The third kappa shape index (κ3) is 2.69. The van der Waals surface area contributed by atoms with Crippen molar-refractivity contribution in [2.45, 2.75) is 20.3 Å². The highest BCUT2D eigenvalue weighted by atomic mass is 32.2. The average Bonchev–Trinajstić information content (AvgIpc) is 2.65. The Hall–Kier alpha value is -1.29. The van der Waals surface area contributed by atoms with Crippen LogP contribution in [0.3, 0.4) is 0 Å². The van der Waals surface area contributed by atoms with Gasteiger partial charge in [0.25, 0.3) is 0 Å². The number of para-hydroxylation sites is 1. The van der Waals surface area contributed by atoms with Crippen LogP contribution in [0.15, 0.2) is 29.3 Å². The number of benzene rings is 1. The van der Waals surface area contributed by atoms with Crippen LogP contribution in [0.4, 0.5) is 5.69 Å². The van der Waals surface area contributed by atoms with Crippen LogP contribution in [0.2, 0.25) is 0 Å². The molecular formula is C13H16N2OS. The molecule has 0 saturated carbocycles. The molecule has 0 N–H and O–H groups in total. The average molecular weight is 248 g/mol. The van der Waals surface area contributed by atoms with E-state index < -0.39 is 0 Å². The smallest absolute Gasteiger partial charge is 0.239 e. The van der Waals surface area contributed by atoms with E-state index in [-0.39, 0.29) is 5.91 Å². The Kier molecular flexibility index (Phi) is 3.84. The number of aliphatic imine (C=N–C) groups is 1. The number of hydrogen-bond acceptors (Lipinski definition) is 3. The molecule has 0 unspecified atom stereocenters. The lowest BCUT2D eigenvalue weighted by Crippen LogP contribution is -2.30. The van der Waals surface area contributed by atoms with Crippen LogP contribution in [-0.4, -0.2) is 28.3 Å². The van der Waals surface area contributed by atoms with Crippen molar-refractivity contribution in [3.63, 3.8) is 0 Å². The lowest BCUT2D eigenvalue weighted by Gasteiger charge is -2.14. The van der Waals surface area contributed by atoms with Gasteiger partial charge in [0.1, 0.15) is 0 Å². The quantitative estimate of drug-likeness (QED) is 0.823. The fourth-order valence-corrected chi connectivity index (χ4v) is 2.64. The number of amidine groups is 1. The molecule has 3 nitrogen and oxygen atoms in total. The van der Waals surface area contributed by atoms with Crippen molar-refractivity contribution in [2.75, 3.05) is 12.3 Å². The summed E-state index contributed by atoms with van der Waals surface area (Å²) < 4.78 is 0. The normalized spacial score (nSPS) is 18.1. The van der Waals surface area contributed by atoms with Crippen molar-refractivity contribution in [3.8, 4) is 0 Å². The summed E-state index contributed by atoms with van der Waals surface area (Å²) in [5.74, 6) is 0.689. The summed E-state index contributed by atoms with van der Waals surface area (Å²) in [7, 11) is 0. The molecule has 1 aliphatic heterocycles. The predicted octanol–water partition coefficient (Wildman–Crippen LogP) is 2.97. The molecule has 1 aliphatic rings. The van der Waals surface area contributed by atoms with E-state index in [2.05, 4.69) is 11.9 Å². The van der Waals surface area contributed by atoms with Gasteiger partial charge in [-0.1, -0.05) is 36.9 Å². The van der Waals surface area contributed by atoms with Gasteiger partial charge in [-0.25, -0.2) is 4.99 Å². The van der Waals surface area contributed by atoms with Crippen LogP contribution in [0.5, 0.6) is 0 Å². The number of aryl methyl sites for hydroxylation is 1. The Balaban J connectivity index is 2.27. The molecule has 2 rings (SSSR count). The van der Waals surface area contributed by atoms with E-state index in [0.717, 1.165) is 29.4 Å². The Labute approximate surface area is 106 Å². The predicted molar refractivity (Wildman–Crippen MR) is 72.7 cm³/mol. The summed E-state index contributed by atoms with van der Waals surface area (Å²) in [6.45, 7) is 4.86. The van der Waals surface area contributed by atoms with Gasteiger partial charge in [0.15, 0.2) is 5.17 Å². The Bertz CT molecular complexity index is 456. The van der Waals surface area contributed by atoms with Crippen molar-refractivity contribution in [3.05, 3.63) is 29.8 Å². The maximum Gasteiger partial charge on any atom is 0.239 e. The number of nitrogens with zero attached hydrogens (tertiary/aromatic N) is 2. The van der Waals surface area contributed by atoms with E-state index >= 15 is 0 Å². The number of carbonyl (C=O) groups excluding carboxylic acids is 1. The summed E-state index contributed by atoms with van der Waals surface area (Å²) in [4.78, 5) is 18.1. The second-order valence-corrected chi connectivity index (χ2v) is 4.96. The fraction of sp³-hybridized carbons (Fsp3) is 0.385. The molecular weight excluding hydrogens is 232 g/mol. The molecule has 0 radical (unpaired) electrons. The molecule has 1 saturated heterocycles. The Morgan fingerprint density at radius 1 is 1.41 bits per heavy atom. The van der Waals surface area contributed by atoms with Gasteiger partial charge in [0.05, 0.1) is 11.4 Å². The molecule has 0 aromatic heterocycles. The standard InChI is InChI=1S/C13H16N2OS/c1-3-8-15-12(16)9-17-13(15)14-11-7-5-4-6-10(11)2/h4-7H,3,8-9H2,1-2H3. The molecule has 1 aromatic carbocycles. The van der Waals surface area contributed by atoms with E-state index in [4.69, 9.17) is 0 Å². The lowest BCUT2D eigenvalue weighted by molar-refractivity contribution is -0.124. The highest BCUT2D eigenvalue weighted by Gasteiger charge is 2.27. The molecule has 0 aliphatic carbocycles. The highest BCUT2D eigenvalue weighted by molar-refractivity contribution is 8.15.